The first-order valence-corrected chi connectivity index (χ1v) is 10.4. The smallest absolute Gasteiger partial charge is 0.406 e. The number of anilines is 4. The normalized spacial score (nSPS) is 13.7. The Morgan fingerprint density at radius 1 is 1.09 bits per heavy atom. The van der Waals surface area contributed by atoms with E-state index in [1.165, 1.54) is 4.68 Å². The maximum Gasteiger partial charge on any atom is 0.439 e. The second-order valence-corrected chi connectivity index (χ2v) is 7.78. The molecule has 0 unspecified atom stereocenters. The van der Waals surface area contributed by atoms with Crippen molar-refractivity contribution in [2.75, 3.05) is 22.7 Å². The van der Waals surface area contributed by atoms with E-state index in [4.69, 9.17) is 4.42 Å². The summed E-state index contributed by atoms with van der Waals surface area (Å²) in [5.74, 6) is 0.473. The lowest BCUT2D eigenvalue weighted by molar-refractivity contribution is -0.118. The number of nitrogens with zero attached hydrogens (tertiary/aromatic N) is 4. The van der Waals surface area contributed by atoms with Gasteiger partial charge in [-0.25, -0.2) is 9.78 Å². The second kappa shape index (κ2) is 7.84. The molecule has 2 N–H and O–H groups in total. The van der Waals surface area contributed by atoms with Gasteiger partial charge in [0, 0.05) is 36.6 Å². The van der Waals surface area contributed by atoms with E-state index in [-0.39, 0.29) is 5.91 Å². The minimum atomic E-state index is -0.525. The summed E-state index contributed by atoms with van der Waals surface area (Å²) < 4.78 is 6.60. The molecular weight excluding hydrogens is 408 g/mol. The number of carbonyl (C=O) groups is 1. The molecule has 0 bridgehead atoms. The number of rotatable bonds is 4. The van der Waals surface area contributed by atoms with Crippen LogP contribution in [0, 0.1) is 6.92 Å². The molecule has 32 heavy (non-hydrogen) atoms. The number of benzene rings is 2. The summed E-state index contributed by atoms with van der Waals surface area (Å²) in [6.07, 6.45) is 3.88. The van der Waals surface area contributed by atoms with Crippen LogP contribution in [0.1, 0.15) is 24.0 Å². The fraction of sp³-hybridized carbons (Fsp3) is 0.217. The van der Waals surface area contributed by atoms with Gasteiger partial charge in [0.15, 0.2) is 11.4 Å². The van der Waals surface area contributed by atoms with E-state index in [2.05, 4.69) is 20.7 Å². The number of aryl methyl sites for hydroxylation is 2. The number of oxazole rings is 1. The van der Waals surface area contributed by atoms with E-state index in [1.807, 2.05) is 44.3 Å². The summed E-state index contributed by atoms with van der Waals surface area (Å²) in [5, 5.41) is 3.22. The Morgan fingerprint density at radius 3 is 2.81 bits per heavy atom. The van der Waals surface area contributed by atoms with Gasteiger partial charge in [-0.15, -0.1) is 0 Å². The minimum absolute atomic E-state index is 0.129. The maximum absolute atomic E-state index is 12.3. The van der Waals surface area contributed by atoms with Crippen LogP contribution >= 0.6 is 0 Å². The Labute approximate surface area is 183 Å². The molecule has 0 saturated heterocycles. The standard InChI is InChI=1S/C23H22N6O3/c1-14-13-24-22(25-16-10-11-17-15(12-16)6-5-9-20(30)28(17)2)26-21(14)27-29-18-7-3-4-8-19(18)32-23(29)31/h3-4,7-8,10-13H,5-6,9H2,1-2H3,(H2,24,25,26,27). The molecule has 1 amide bonds. The molecule has 0 radical (unpaired) electrons. The van der Waals surface area contributed by atoms with Gasteiger partial charge in [-0.05, 0) is 55.7 Å². The van der Waals surface area contributed by atoms with Gasteiger partial charge >= 0.3 is 5.76 Å². The molecule has 2 aromatic heterocycles. The van der Waals surface area contributed by atoms with Gasteiger partial charge in [0.25, 0.3) is 0 Å². The average Bonchev–Trinajstić information content (AvgIpc) is 3.02. The van der Waals surface area contributed by atoms with Gasteiger partial charge < -0.3 is 14.6 Å². The quantitative estimate of drug-likeness (QED) is 0.509. The zero-order valence-electron chi connectivity index (χ0n) is 17.8. The van der Waals surface area contributed by atoms with Crippen LogP contribution in [0.15, 0.2) is 57.9 Å². The Morgan fingerprint density at radius 2 is 1.94 bits per heavy atom. The third kappa shape index (κ3) is 3.58. The molecule has 0 spiro atoms. The molecule has 4 aromatic rings. The average molecular weight is 430 g/mol. The first kappa shape index (κ1) is 19.8. The predicted molar refractivity (Wildman–Crippen MR) is 122 cm³/mol. The minimum Gasteiger partial charge on any atom is -0.406 e. The molecule has 9 heteroatoms. The molecule has 5 rings (SSSR count). The summed E-state index contributed by atoms with van der Waals surface area (Å²) in [4.78, 5) is 35.0. The van der Waals surface area contributed by atoms with Crippen molar-refractivity contribution in [3.63, 3.8) is 0 Å². The van der Waals surface area contributed by atoms with E-state index in [0.717, 1.165) is 35.3 Å². The Kier molecular flexibility index (Phi) is 4.85. The zero-order chi connectivity index (χ0) is 22.2. The Balaban J connectivity index is 1.43. The van der Waals surface area contributed by atoms with Crippen molar-refractivity contribution in [1.82, 2.24) is 14.6 Å². The fourth-order valence-corrected chi connectivity index (χ4v) is 3.85. The van der Waals surface area contributed by atoms with Crippen molar-refractivity contribution in [3.05, 3.63) is 70.3 Å². The molecule has 3 heterocycles. The molecule has 0 saturated carbocycles. The number of hydrogen-bond acceptors (Lipinski definition) is 7. The van der Waals surface area contributed by atoms with E-state index < -0.39 is 5.76 Å². The van der Waals surface area contributed by atoms with Crippen molar-refractivity contribution in [3.8, 4) is 0 Å². The monoisotopic (exact) mass is 430 g/mol. The van der Waals surface area contributed by atoms with Gasteiger partial charge in [-0.1, -0.05) is 12.1 Å². The number of amides is 1. The lowest BCUT2D eigenvalue weighted by Gasteiger charge is -2.18. The van der Waals surface area contributed by atoms with E-state index in [1.54, 1.807) is 23.2 Å². The topological polar surface area (TPSA) is 105 Å². The summed E-state index contributed by atoms with van der Waals surface area (Å²) in [6.45, 7) is 1.86. The summed E-state index contributed by atoms with van der Waals surface area (Å²) in [5.41, 5.74) is 7.77. The highest BCUT2D eigenvalue weighted by Crippen LogP contribution is 2.29. The van der Waals surface area contributed by atoms with Crippen LogP contribution in [0.3, 0.4) is 0 Å². The number of nitrogens with one attached hydrogen (secondary N) is 2. The van der Waals surface area contributed by atoms with E-state index >= 15 is 0 Å². The van der Waals surface area contributed by atoms with Crippen LogP contribution in [0.4, 0.5) is 23.1 Å². The third-order valence-electron chi connectivity index (χ3n) is 5.58. The molecule has 0 aliphatic carbocycles. The Bertz CT molecular complexity index is 1390. The highest BCUT2D eigenvalue weighted by atomic mass is 16.4. The predicted octanol–water partition coefficient (Wildman–Crippen LogP) is 3.61. The van der Waals surface area contributed by atoms with Crippen molar-refractivity contribution >= 4 is 40.1 Å². The molecule has 1 aliphatic heterocycles. The highest BCUT2D eigenvalue weighted by molar-refractivity contribution is 5.94. The molecule has 9 nitrogen and oxygen atoms in total. The van der Waals surface area contributed by atoms with Crippen LogP contribution in [0.2, 0.25) is 0 Å². The van der Waals surface area contributed by atoms with Crippen LogP contribution < -0.4 is 21.4 Å². The largest absolute Gasteiger partial charge is 0.439 e. The highest BCUT2D eigenvalue weighted by Gasteiger charge is 2.19. The lowest BCUT2D eigenvalue weighted by atomic mass is 10.1. The summed E-state index contributed by atoms with van der Waals surface area (Å²) in [6, 6.07) is 13.0. The number of carbonyl (C=O) groups excluding carboxylic acids is 1. The zero-order valence-corrected chi connectivity index (χ0v) is 17.8. The molecule has 2 aromatic carbocycles. The van der Waals surface area contributed by atoms with E-state index in [0.29, 0.717) is 29.3 Å². The van der Waals surface area contributed by atoms with Crippen LogP contribution in [-0.2, 0) is 11.2 Å². The third-order valence-corrected chi connectivity index (χ3v) is 5.58. The molecule has 0 fully saturated rings. The van der Waals surface area contributed by atoms with Crippen molar-refractivity contribution in [1.29, 1.82) is 0 Å². The fourth-order valence-electron chi connectivity index (χ4n) is 3.85. The number of para-hydroxylation sites is 2. The van der Waals surface area contributed by atoms with E-state index in [9.17, 15) is 9.59 Å². The first-order chi connectivity index (χ1) is 15.5. The van der Waals surface area contributed by atoms with Crippen molar-refractivity contribution < 1.29 is 9.21 Å². The van der Waals surface area contributed by atoms with Crippen molar-refractivity contribution in [2.45, 2.75) is 26.2 Å². The Hall–Kier alpha value is -4.14. The van der Waals surface area contributed by atoms with Gasteiger partial charge in [0.2, 0.25) is 11.9 Å². The van der Waals surface area contributed by atoms with Gasteiger partial charge in [0.05, 0.1) is 0 Å². The number of fused-ring (bicyclic) bond motifs is 2. The molecule has 0 atom stereocenters. The summed E-state index contributed by atoms with van der Waals surface area (Å²) in [7, 11) is 1.81. The SMILES string of the molecule is Cc1cnc(Nc2ccc3c(c2)CCCC(=O)N3C)nc1Nn1c(=O)oc2ccccc21. The summed E-state index contributed by atoms with van der Waals surface area (Å²) >= 11 is 0. The van der Waals surface area contributed by atoms with Gasteiger partial charge in [0.1, 0.15) is 5.52 Å². The molecule has 162 valence electrons. The van der Waals surface area contributed by atoms with Gasteiger partial charge in [-0.2, -0.15) is 9.66 Å². The molecular formula is C23H22N6O3. The van der Waals surface area contributed by atoms with Crippen LogP contribution in [-0.4, -0.2) is 27.6 Å². The van der Waals surface area contributed by atoms with Crippen LogP contribution in [0.25, 0.3) is 11.1 Å². The molecule has 1 aliphatic rings. The lowest BCUT2D eigenvalue weighted by Crippen LogP contribution is -2.24. The van der Waals surface area contributed by atoms with Gasteiger partial charge in [-0.3, -0.25) is 10.2 Å². The van der Waals surface area contributed by atoms with Crippen LogP contribution in [0.5, 0.6) is 0 Å². The first-order valence-electron chi connectivity index (χ1n) is 10.4. The van der Waals surface area contributed by atoms with Crippen molar-refractivity contribution in [2.24, 2.45) is 0 Å². The number of hydrogen-bond donors (Lipinski definition) is 2. The second-order valence-electron chi connectivity index (χ2n) is 7.78. The maximum atomic E-state index is 12.3. The number of aromatic nitrogens is 3.